The number of hydrogen-bond acceptors (Lipinski definition) is 12. The van der Waals surface area contributed by atoms with Crippen LogP contribution in [0.2, 0.25) is 0 Å². The lowest BCUT2D eigenvalue weighted by Gasteiger charge is -2.11. The largest absolute Gasteiger partial charge is 0.261 e. The maximum atomic E-state index is 4.98. The van der Waals surface area contributed by atoms with Gasteiger partial charge >= 0.3 is 0 Å². The summed E-state index contributed by atoms with van der Waals surface area (Å²) in [5.74, 6) is 2.83. The highest BCUT2D eigenvalue weighted by molar-refractivity contribution is 5.83. The molecule has 12 heteroatoms. The minimum atomic E-state index is 0.691. The Labute approximate surface area is 794 Å². The molecule has 0 aliphatic heterocycles. The Hall–Kier alpha value is -16.4. The van der Waals surface area contributed by atoms with E-state index in [0.29, 0.717) is 17.5 Å². The third-order valence-corrected chi connectivity index (χ3v) is 23.4. The van der Waals surface area contributed by atoms with Crippen molar-refractivity contribution in [2.75, 3.05) is 0 Å². The first-order valence-electron chi connectivity index (χ1n) is 45.6. The zero-order valence-corrected chi connectivity index (χ0v) is 79.2. The molecule has 0 saturated heterocycles. The fourth-order valence-electron chi connectivity index (χ4n) is 15.1. The van der Waals surface area contributed by atoms with Gasteiger partial charge in [0.25, 0.3) is 0 Å². The van der Waals surface area contributed by atoms with E-state index in [2.05, 4.69) is 420 Å². The van der Waals surface area contributed by atoms with Gasteiger partial charge in [-0.3, -0.25) is 29.9 Å². The van der Waals surface area contributed by atoms with Crippen LogP contribution in [0, 0.1) is 104 Å². The highest BCUT2D eigenvalue weighted by atomic mass is 15.0. The van der Waals surface area contributed by atoms with Crippen LogP contribution in [0.25, 0.3) is 169 Å². The third kappa shape index (κ3) is 24.4. The molecular formula is C123H108N12. The van der Waals surface area contributed by atoms with E-state index in [-0.39, 0.29) is 0 Å². The molecule has 0 fully saturated rings. The monoisotopic (exact) mass is 1750 g/mol. The summed E-state index contributed by atoms with van der Waals surface area (Å²) in [6.07, 6.45) is 11.5. The summed E-state index contributed by atoms with van der Waals surface area (Å²) in [5, 5.41) is 0. The van der Waals surface area contributed by atoms with Crippen LogP contribution < -0.4 is 0 Å². The van der Waals surface area contributed by atoms with Gasteiger partial charge in [0, 0.05) is 132 Å². The second kappa shape index (κ2) is 42.6. The normalized spacial score (nSPS) is 10.8. The Bertz CT molecular complexity index is 5590. The molecule has 0 amide bonds. The minimum absolute atomic E-state index is 0.691. The molecule has 0 aliphatic rings. The Morgan fingerprint density at radius 2 is 0.304 bits per heavy atom. The molecule has 0 spiro atoms. The number of hydrogen-bond donors (Lipinski definition) is 0. The van der Waals surface area contributed by atoms with Gasteiger partial charge in [-0.15, -0.1) is 0 Å². The van der Waals surface area contributed by atoms with Gasteiger partial charge in [0.15, 0.2) is 23.3 Å². The predicted octanol–water partition coefficient (Wildman–Crippen LogP) is 30.8. The van der Waals surface area contributed by atoms with Gasteiger partial charge in [-0.25, -0.2) is 29.9 Å². The molecule has 0 bridgehead atoms. The Morgan fingerprint density at radius 3 is 0.526 bits per heavy atom. The maximum absolute atomic E-state index is 4.98. The van der Waals surface area contributed by atoms with E-state index < -0.39 is 0 Å². The molecule has 9 aromatic heterocycles. The first-order valence-corrected chi connectivity index (χ1v) is 45.6. The van der Waals surface area contributed by atoms with E-state index in [4.69, 9.17) is 29.9 Å². The summed E-state index contributed by atoms with van der Waals surface area (Å²) in [7, 11) is 0. The van der Waals surface area contributed by atoms with Crippen LogP contribution >= 0.6 is 0 Å². The van der Waals surface area contributed by atoms with Crippen molar-refractivity contribution in [3.05, 3.63) is 467 Å². The lowest BCUT2D eigenvalue weighted by atomic mass is 9.95. The lowest BCUT2D eigenvalue weighted by molar-refractivity contribution is 1.07. The van der Waals surface area contributed by atoms with Crippen molar-refractivity contribution in [2.45, 2.75) is 104 Å². The molecule has 0 aliphatic carbocycles. The summed E-state index contributed by atoms with van der Waals surface area (Å²) >= 11 is 0. The fraction of sp³-hybridized carbons (Fsp3) is 0.122. The summed E-state index contributed by atoms with van der Waals surface area (Å²) in [6, 6.07) is 120. The molecule has 0 radical (unpaired) electrons. The van der Waals surface area contributed by atoms with Crippen molar-refractivity contribution < 1.29 is 0 Å². The molecule has 0 N–H and O–H groups in total. The van der Waals surface area contributed by atoms with Crippen molar-refractivity contribution in [3.8, 4) is 169 Å². The van der Waals surface area contributed by atoms with Crippen LogP contribution in [0.4, 0.5) is 0 Å². The zero-order valence-electron chi connectivity index (χ0n) is 79.2. The van der Waals surface area contributed by atoms with Crippen molar-refractivity contribution in [1.82, 2.24) is 59.8 Å². The quantitative estimate of drug-likeness (QED) is 0.0959. The van der Waals surface area contributed by atoms with Crippen molar-refractivity contribution in [3.63, 3.8) is 0 Å². The highest BCUT2D eigenvalue weighted by Crippen LogP contribution is 2.38. The number of rotatable bonds is 15. The van der Waals surface area contributed by atoms with E-state index in [1.807, 2.05) is 96.9 Å². The molecule has 20 aromatic rings. The lowest BCUT2D eigenvalue weighted by Crippen LogP contribution is -2.00. The highest BCUT2D eigenvalue weighted by Gasteiger charge is 2.18. The molecule has 12 nitrogen and oxygen atoms in total. The molecule has 660 valence electrons. The molecule has 0 unspecified atom stereocenters. The molecule has 0 atom stereocenters. The molecule has 0 saturated carbocycles. The smallest absolute Gasteiger partial charge is 0.164 e. The van der Waals surface area contributed by atoms with Crippen LogP contribution in [0.15, 0.2) is 383 Å². The maximum Gasteiger partial charge on any atom is 0.164 e. The van der Waals surface area contributed by atoms with Gasteiger partial charge in [0.05, 0.1) is 39.9 Å². The average molecular weight is 1750 g/mol. The standard InChI is InChI=1S/C26H23N.C25H22N2.3C24H21N3/c1-18-4-10-21(11-5-18)24-16-25(22-12-6-19(2)7-13-22)27-26(17-24)23-14-8-20(3)9-15-23;1-17-4-10-20(11-5-17)23-16-24(21-12-6-18(2)7-13-21)27-25(26-23)22-14-8-19(3)9-15-22;1-16-4-10-19(11-5-16)22-25-23(20-12-6-17(2)7-13-20)27-24(26-22)21-14-8-18(3)9-15-21;1-16-4-7-19(13-25-16)22-10-23(20-8-5-17(2)26-14-20)12-24(11-22)21-9-6-18(3)27-15-21;1-16-4-7-22(25-13-16)19-10-20(23-8-5-17(2)14-26-23)12-21(11-19)24-9-6-18(3)15-27-24/h4-17H,1-3H3;4-16H,1-3H3;3*4-15H,1-3H3. The number of pyridine rings is 7. The van der Waals surface area contributed by atoms with Crippen molar-refractivity contribution in [1.29, 1.82) is 0 Å². The van der Waals surface area contributed by atoms with E-state index in [1.54, 1.807) is 0 Å². The van der Waals surface area contributed by atoms with Crippen molar-refractivity contribution in [2.24, 2.45) is 0 Å². The van der Waals surface area contributed by atoms with Crippen LogP contribution in [0.3, 0.4) is 0 Å². The molecule has 9 heterocycles. The van der Waals surface area contributed by atoms with Gasteiger partial charge in [-0.05, 0) is 239 Å². The van der Waals surface area contributed by atoms with Gasteiger partial charge in [0.1, 0.15) is 0 Å². The second-order valence-corrected chi connectivity index (χ2v) is 35.0. The van der Waals surface area contributed by atoms with E-state index in [1.165, 1.54) is 61.2 Å². The Balaban J connectivity index is 0.000000123. The molecular weight excluding hydrogens is 1650 g/mol. The number of aromatic nitrogens is 12. The number of aryl methyl sites for hydroxylation is 15. The first kappa shape index (κ1) is 91.9. The number of nitrogens with zero attached hydrogens (tertiary/aromatic N) is 12. The van der Waals surface area contributed by atoms with E-state index >= 15 is 0 Å². The Kier molecular flexibility index (Phi) is 29.0. The van der Waals surface area contributed by atoms with Crippen molar-refractivity contribution >= 4 is 0 Å². The Morgan fingerprint density at radius 1 is 0.111 bits per heavy atom. The molecule has 11 aromatic carbocycles. The van der Waals surface area contributed by atoms with Crippen LogP contribution in [0.1, 0.15) is 83.8 Å². The van der Waals surface area contributed by atoms with Crippen LogP contribution in [0.5, 0.6) is 0 Å². The minimum Gasteiger partial charge on any atom is -0.261 e. The topological polar surface area (TPSA) is 155 Å². The zero-order chi connectivity index (χ0) is 94.0. The fourth-order valence-corrected chi connectivity index (χ4v) is 15.1. The van der Waals surface area contributed by atoms with E-state index in [9.17, 15) is 0 Å². The summed E-state index contributed by atoms with van der Waals surface area (Å²) in [6.45, 7) is 31.0. The predicted molar refractivity (Wildman–Crippen MR) is 558 cm³/mol. The summed E-state index contributed by atoms with van der Waals surface area (Å²) in [4.78, 5) is 56.2. The van der Waals surface area contributed by atoms with Gasteiger partial charge < -0.3 is 0 Å². The van der Waals surface area contributed by atoms with Gasteiger partial charge in [-0.2, -0.15) is 0 Å². The average Bonchev–Trinajstić information content (AvgIpc) is 0.816. The van der Waals surface area contributed by atoms with Gasteiger partial charge in [0.2, 0.25) is 0 Å². The van der Waals surface area contributed by atoms with Crippen LogP contribution in [-0.2, 0) is 0 Å². The summed E-state index contributed by atoms with van der Waals surface area (Å²) < 4.78 is 0. The molecule has 20 rings (SSSR count). The number of benzene rings is 11. The van der Waals surface area contributed by atoms with Crippen LogP contribution in [-0.4, -0.2) is 59.8 Å². The second-order valence-electron chi connectivity index (χ2n) is 35.0. The van der Waals surface area contributed by atoms with Gasteiger partial charge in [-0.1, -0.05) is 305 Å². The molecule has 135 heavy (non-hydrogen) atoms. The van der Waals surface area contributed by atoms with E-state index in [0.717, 1.165) is 174 Å². The third-order valence-electron chi connectivity index (χ3n) is 23.4. The SMILES string of the molecule is Cc1ccc(-c2cc(-c3ccc(C)cc3)nc(-c3ccc(C)cc3)c2)cc1.Cc1ccc(-c2cc(-c3ccc(C)cc3)nc(-c3ccc(C)cc3)n2)cc1.Cc1ccc(-c2cc(-c3ccc(C)cn3)cc(-c3ccc(C)cn3)c2)nc1.Cc1ccc(-c2cc(-c3ccc(C)nc3)cc(-c3ccc(C)nc3)c2)cn1.Cc1ccc(-c2nc(-c3ccc(C)cc3)nc(-c3ccc(C)cc3)n2)cc1. The summed E-state index contributed by atoms with van der Waals surface area (Å²) in [5.41, 5.74) is 45.1. The first-order chi connectivity index (χ1) is 65.4.